The average molecular weight is 356 g/mol. The first kappa shape index (κ1) is 15.0. The van der Waals surface area contributed by atoms with Crippen molar-refractivity contribution in [1.29, 1.82) is 0 Å². The second-order valence-electron chi connectivity index (χ2n) is 4.68. The number of hydrogen-bond acceptors (Lipinski definition) is 0. The molecule has 0 amide bonds. The predicted octanol–water partition coefficient (Wildman–Crippen LogP) is 7.13. The van der Waals surface area contributed by atoms with Crippen molar-refractivity contribution in [2.75, 3.05) is 0 Å². The van der Waals surface area contributed by atoms with Crippen molar-refractivity contribution in [3.63, 3.8) is 0 Å². The minimum Gasteiger partial charge on any atom is -0.112 e. The summed E-state index contributed by atoms with van der Waals surface area (Å²) in [6.45, 7) is 0. The zero-order valence-corrected chi connectivity index (χ0v) is 13.8. The van der Waals surface area contributed by atoms with Gasteiger partial charge < -0.3 is 0 Å². The molecule has 0 aliphatic heterocycles. The Morgan fingerprint density at radius 3 is 1.90 bits per heavy atom. The van der Waals surface area contributed by atoms with E-state index in [2.05, 4.69) is 0 Å². The van der Waals surface area contributed by atoms with Gasteiger partial charge in [-0.05, 0) is 29.1 Å². The topological polar surface area (TPSA) is 0 Å². The lowest BCUT2D eigenvalue weighted by Crippen LogP contribution is -1.97. The highest BCUT2D eigenvalue weighted by Gasteiger charge is 2.20. The molecule has 0 saturated heterocycles. The number of benzene rings is 3. The maximum atomic E-state index is 6.66. The number of rotatable bonds is 2. The van der Waals surface area contributed by atoms with E-state index in [9.17, 15) is 0 Å². The van der Waals surface area contributed by atoms with E-state index in [1.807, 2.05) is 36.4 Å². The van der Waals surface area contributed by atoms with E-state index < -0.39 is 5.38 Å². The molecular formula is C17H10Cl4. The summed E-state index contributed by atoms with van der Waals surface area (Å²) < 4.78 is 0. The molecule has 3 aromatic rings. The smallest absolute Gasteiger partial charge is 0.0870 e. The predicted molar refractivity (Wildman–Crippen MR) is 93.1 cm³/mol. The third-order valence-corrected chi connectivity index (χ3v) is 4.87. The first-order chi connectivity index (χ1) is 10.1. The van der Waals surface area contributed by atoms with E-state index in [0.29, 0.717) is 15.1 Å². The Hall–Kier alpha value is -0.920. The molecule has 1 atom stereocenters. The Morgan fingerprint density at radius 2 is 1.24 bits per heavy atom. The van der Waals surface area contributed by atoms with Gasteiger partial charge in [0, 0.05) is 26.0 Å². The van der Waals surface area contributed by atoms with Gasteiger partial charge in [-0.3, -0.25) is 0 Å². The van der Waals surface area contributed by atoms with Crippen LogP contribution < -0.4 is 0 Å². The van der Waals surface area contributed by atoms with Gasteiger partial charge in [0.1, 0.15) is 0 Å². The summed E-state index contributed by atoms with van der Waals surface area (Å²) in [5.74, 6) is 0. The van der Waals surface area contributed by atoms with Crippen molar-refractivity contribution in [2.45, 2.75) is 5.38 Å². The second-order valence-corrected chi connectivity index (χ2v) is 6.34. The van der Waals surface area contributed by atoms with Crippen LogP contribution >= 0.6 is 46.4 Å². The van der Waals surface area contributed by atoms with Crippen molar-refractivity contribution in [3.05, 3.63) is 80.8 Å². The number of hydrogen-bond donors (Lipinski definition) is 0. The van der Waals surface area contributed by atoms with Gasteiger partial charge in [0.05, 0.1) is 5.38 Å². The molecule has 3 rings (SSSR count). The van der Waals surface area contributed by atoms with Gasteiger partial charge in [-0.1, -0.05) is 71.2 Å². The highest BCUT2D eigenvalue weighted by molar-refractivity contribution is 6.38. The first-order valence-electron chi connectivity index (χ1n) is 6.34. The Kier molecular flexibility index (Phi) is 4.33. The van der Waals surface area contributed by atoms with Gasteiger partial charge >= 0.3 is 0 Å². The molecule has 4 heteroatoms. The van der Waals surface area contributed by atoms with Crippen molar-refractivity contribution in [1.82, 2.24) is 0 Å². The molecule has 0 nitrogen and oxygen atoms in total. The molecular weight excluding hydrogens is 346 g/mol. The van der Waals surface area contributed by atoms with Crippen LogP contribution in [0, 0.1) is 0 Å². The van der Waals surface area contributed by atoms with E-state index in [1.165, 1.54) is 0 Å². The van der Waals surface area contributed by atoms with E-state index in [-0.39, 0.29) is 0 Å². The minimum absolute atomic E-state index is 0.437. The molecule has 0 bridgehead atoms. The van der Waals surface area contributed by atoms with Crippen LogP contribution in [0.3, 0.4) is 0 Å². The fourth-order valence-corrected chi connectivity index (χ4v) is 3.80. The molecule has 0 fully saturated rings. The molecule has 0 saturated carbocycles. The number of halogens is 4. The molecule has 0 aliphatic carbocycles. The summed E-state index contributed by atoms with van der Waals surface area (Å²) in [6, 6.07) is 17.0. The maximum absolute atomic E-state index is 6.66. The molecule has 0 heterocycles. The molecule has 0 spiro atoms. The summed E-state index contributed by atoms with van der Waals surface area (Å²) >= 11 is 25.4. The molecule has 106 valence electrons. The van der Waals surface area contributed by atoms with Crippen LogP contribution in [0.4, 0.5) is 0 Å². The number of alkyl halides is 1. The molecule has 1 unspecified atom stereocenters. The lowest BCUT2D eigenvalue weighted by molar-refractivity contribution is 1.16. The zero-order valence-electron chi connectivity index (χ0n) is 10.8. The SMILES string of the molecule is Clc1cccc(Cl)c1C(Cl)c1ccc(Cl)c2ccccc12. The molecule has 0 N–H and O–H groups in total. The molecule has 0 radical (unpaired) electrons. The van der Waals surface area contributed by atoms with Crippen molar-refractivity contribution in [3.8, 4) is 0 Å². The van der Waals surface area contributed by atoms with Gasteiger partial charge in [0.2, 0.25) is 0 Å². The summed E-state index contributed by atoms with van der Waals surface area (Å²) in [5, 5.41) is 3.34. The van der Waals surface area contributed by atoms with Crippen molar-refractivity contribution >= 4 is 57.2 Å². The van der Waals surface area contributed by atoms with E-state index in [1.54, 1.807) is 18.2 Å². The van der Waals surface area contributed by atoms with Crippen LogP contribution in [-0.4, -0.2) is 0 Å². The summed E-state index contributed by atoms with van der Waals surface area (Å²) in [4.78, 5) is 0. The molecule has 0 aromatic heterocycles. The third kappa shape index (κ3) is 2.74. The highest BCUT2D eigenvalue weighted by Crippen LogP contribution is 2.41. The normalized spacial score (nSPS) is 12.6. The summed E-state index contributed by atoms with van der Waals surface area (Å²) in [5.41, 5.74) is 1.65. The summed E-state index contributed by atoms with van der Waals surface area (Å²) in [7, 11) is 0. The van der Waals surface area contributed by atoms with Crippen LogP contribution in [0.5, 0.6) is 0 Å². The number of fused-ring (bicyclic) bond motifs is 1. The van der Waals surface area contributed by atoms with E-state index in [4.69, 9.17) is 46.4 Å². The summed E-state index contributed by atoms with van der Waals surface area (Å²) in [6.07, 6.45) is 0. The standard InChI is InChI=1S/C17H10Cl4/c18-13-9-8-12(10-4-1-2-5-11(10)13)17(21)16-14(19)6-3-7-15(16)20/h1-9,17H. The Morgan fingerprint density at radius 1 is 0.619 bits per heavy atom. The lowest BCUT2D eigenvalue weighted by atomic mass is 9.98. The third-order valence-electron chi connectivity index (χ3n) is 3.43. The van der Waals surface area contributed by atoms with Crippen molar-refractivity contribution < 1.29 is 0 Å². The van der Waals surface area contributed by atoms with Crippen LogP contribution in [0.25, 0.3) is 10.8 Å². The molecule has 0 aliphatic rings. The van der Waals surface area contributed by atoms with Crippen LogP contribution in [-0.2, 0) is 0 Å². The Bertz CT molecular complexity index is 791. The molecule has 21 heavy (non-hydrogen) atoms. The fourth-order valence-electron chi connectivity index (χ4n) is 2.41. The molecule has 3 aromatic carbocycles. The van der Waals surface area contributed by atoms with Gasteiger partial charge in [-0.15, -0.1) is 11.6 Å². The van der Waals surface area contributed by atoms with Crippen LogP contribution in [0.1, 0.15) is 16.5 Å². The maximum Gasteiger partial charge on any atom is 0.0870 e. The second kappa shape index (κ2) is 6.06. The first-order valence-corrected chi connectivity index (χ1v) is 7.91. The van der Waals surface area contributed by atoms with Crippen LogP contribution in [0.15, 0.2) is 54.6 Å². The van der Waals surface area contributed by atoms with Gasteiger partial charge in [-0.2, -0.15) is 0 Å². The van der Waals surface area contributed by atoms with Crippen LogP contribution in [0.2, 0.25) is 15.1 Å². The minimum atomic E-state index is -0.437. The Balaban J connectivity index is 2.23. The van der Waals surface area contributed by atoms with E-state index >= 15 is 0 Å². The zero-order chi connectivity index (χ0) is 15.0. The highest BCUT2D eigenvalue weighted by atomic mass is 35.5. The average Bonchev–Trinajstić information content (AvgIpc) is 2.47. The van der Waals surface area contributed by atoms with Gasteiger partial charge in [0.25, 0.3) is 0 Å². The Labute approximate surface area is 143 Å². The van der Waals surface area contributed by atoms with Gasteiger partial charge in [0.15, 0.2) is 0 Å². The fraction of sp³-hybridized carbons (Fsp3) is 0.0588. The lowest BCUT2D eigenvalue weighted by Gasteiger charge is -2.16. The van der Waals surface area contributed by atoms with Gasteiger partial charge in [-0.25, -0.2) is 0 Å². The van der Waals surface area contributed by atoms with Crippen molar-refractivity contribution in [2.24, 2.45) is 0 Å². The quantitative estimate of drug-likeness (QED) is 0.429. The monoisotopic (exact) mass is 354 g/mol. The largest absolute Gasteiger partial charge is 0.112 e. The van der Waals surface area contributed by atoms with E-state index in [0.717, 1.165) is 21.9 Å².